The molecule has 0 aromatic heterocycles. The first kappa shape index (κ1) is 12.5. The van der Waals surface area contributed by atoms with E-state index in [1.54, 1.807) is 6.07 Å². The van der Waals surface area contributed by atoms with Crippen LogP contribution in [0.5, 0.6) is 0 Å². The van der Waals surface area contributed by atoms with Gasteiger partial charge in [0.1, 0.15) is 0 Å². The fourth-order valence-electron chi connectivity index (χ4n) is 1.65. The van der Waals surface area contributed by atoms with Crippen molar-refractivity contribution in [3.05, 3.63) is 32.8 Å². The summed E-state index contributed by atoms with van der Waals surface area (Å²) in [6, 6.07) is 4.20. The molecule has 1 aromatic carbocycles. The van der Waals surface area contributed by atoms with E-state index in [1.807, 2.05) is 13.0 Å². The molecule has 5 heteroatoms. The molecule has 1 aliphatic heterocycles. The molecule has 1 aliphatic rings. The van der Waals surface area contributed by atoms with E-state index in [4.69, 9.17) is 39.5 Å². The predicted molar refractivity (Wildman–Crippen MR) is 67.6 cm³/mol. The fourth-order valence-corrected chi connectivity index (χ4v) is 2.36. The Morgan fingerprint density at radius 3 is 2.50 bits per heavy atom. The fraction of sp³-hybridized carbons (Fsp3) is 0.455. The molecule has 1 heterocycles. The molecule has 1 aromatic rings. The number of benzene rings is 1. The average molecular weight is 281 g/mol. The van der Waals surface area contributed by atoms with E-state index >= 15 is 0 Å². The Kier molecular flexibility index (Phi) is 3.98. The van der Waals surface area contributed by atoms with E-state index in [-0.39, 0.29) is 6.04 Å². The molecule has 0 amide bonds. The van der Waals surface area contributed by atoms with Gasteiger partial charge in [-0.1, -0.05) is 40.9 Å². The smallest absolute Gasteiger partial charge is 0.0781 e. The van der Waals surface area contributed by atoms with Crippen molar-refractivity contribution in [1.29, 1.82) is 0 Å². The molecule has 2 nitrogen and oxygen atoms in total. The zero-order chi connectivity index (χ0) is 11.7. The number of rotatable bonds is 3. The van der Waals surface area contributed by atoms with Crippen LogP contribution in [0.1, 0.15) is 18.5 Å². The number of nitrogens with one attached hydrogen (secondary N) is 1. The predicted octanol–water partition coefficient (Wildman–Crippen LogP) is 3.70. The van der Waals surface area contributed by atoms with Gasteiger partial charge in [0.25, 0.3) is 0 Å². The van der Waals surface area contributed by atoms with Crippen molar-refractivity contribution in [1.82, 2.24) is 5.32 Å². The Balaban J connectivity index is 2.15. The third-order valence-electron chi connectivity index (χ3n) is 2.66. The summed E-state index contributed by atoms with van der Waals surface area (Å²) in [7, 11) is 0. The maximum atomic E-state index is 6.15. The second kappa shape index (κ2) is 5.11. The Hall–Kier alpha value is 0.01000. The summed E-state index contributed by atoms with van der Waals surface area (Å²) in [6.07, 6.45) is 0. The van der Waals surface area contributed by atoms with Gasteiger partial charge in [0.15, 0.2) is 0 Å². The zero-order valence-corrected chi connectivity index (χ0v) is 11.0. The van der Waals surface area contributed by atoms with Gasteiger partial charge in [-0.2, -0.15) is 0 Å². The average Bonchev–Trinajstić information content (AvgIpc) is 2.20. The van der Waals surface area contributed by atoms with Crippen molar-refractivity contribution >= 4 is 34.8 Å². The second-order valence-corrected chi connectivity index (χ2v) is 5.05. The summed E-state index contributed by atoms with van der Waals surface area (Å²) in [5, 5.41) is 4.83. The van der Waals surface area contributed by atoms with E-state index in [0.29, 0.717) is 21.1 Å². The summed E-state index contributed by atoms with van der Waals surface area (Å²) >= 11 is 18.0. The number of halogens is 3. The van der Waals surface area contributed by atoms with Crippen LogP contribution in [0, 0.1) is 0 Å². The first-order valence-electron chi connectivity index (χ1n) is 5.06. The monoisotopic (exact) mass is 279 g/mol. The van der Waals surface area contributed by atoms with Crippen molar-refractivity contribution < 1.29 is 4.74 Å². The van der Waals surface area contributed by atoms with Gasteiger partial charge in [0.2, 0.25) is 0 Å². The van der Waals surface area contributed by atoms with Gasteiger partial charge in [0, 0.05) is 6.04 Å². The third kappa shape index (κ3) is 2.47. The lowest BCUT2D eigenvalue weighted by atomic mass is 10.1. The maximum absolute atomic E-state index is 6.15. The Morgan fingerprint density at radius 1 is 1.25 bits per heavy atom. The largest absolute Gasteiger partial charge is 0.378 e. The van der Waals surface area contributed by atoms with Crippen LogP contribution in [-0.2, 0) is 4.74 Å². The standard InChI is InChI=1S/C11H12Cl3NO/c1-6(15-7-4-16-5-7)8-2-3-9(12)11(14)10(8)13/h2-3,6-7,15H,4-5H2,1H3. The van der Waals surface area contributed by atoms with Gasteiger partial charge >= 0.3 is 0 Å². The normalized spacial score (nSPS) is 18.2. The first-order valence-corrected chi connectivity index (χ1v) is 6.20. The molecular formula is C11H12Cl3NO. The van der Waals surface area contributed by atoms with Crippen LogP contribution >= 0.6 is 34.8 Å². The van der Waals surface area contributed by atoms with Gasteiger partial charge in [-0.15, -0.1) is 0 Å². The Labute approximate surface area is 110 Å². The topological polar surface area (TPSA) is 21.3 Å². The van der Waals surface area contributed by atoms with E-state index in [2.05, 4.69) is 5.32 Å². The molecule has 88 valence electrons. The lowest BCUT2D eigenvalue weighted by molar-refractivity contribution is -0.00924. The molecule has 2 rings (SSSR count). The van der Waals surface area contributed by atoms with Gasteiger partial charge in [-0.05, 0) is 18.6 Å². The molecular weight excluding hydrogens is 268 g/mol. The molecule has 1 atom stereocenters. The highest BCUT2D eigenvalue weighted by Crippen LogP contribution is 2.35. The maximum Gasteiger partial charge on any atom is 0.0781 e. The highest BCUT2D eigenvalue weighted by molar-refractivity contribution is 6.48. The summed E-state index contributed by atoms with van der Waals surface area (Å²) in [5.74, 6) is 0. The van der Waals surface area contributed by atoms with Gasteiger partial charge in [0.05, 0.1) is 34.3 Å². The summed E-state index contributed by atoms with van der Waals surface area (Å²) < 4.78 is 5.10. The van der Waals surface area contributed by atoms with Gasteiger partial charge in [-0.3, -0.25) is 0 Å². The molecule has 16 heavy (non-hydrogen) atoms. The van der Waals surface area contributed by atoms with Crippen molar-refractivity contribution in [2.75, 3.05) is 13.2 Å². The van der Waals surface area contributed by atoms with Gasteiger partial charge < -0.3 is 10.1 Å². The van der Waals surface area contributed by atoms with Crippen molar-refractivity contribution in [3.8, 4) is 0 Å². The van der Waals surface area contributed by atoms with Crippen LogP contribution in [0.4, 0.5) is 0 Å². The van der Waals surface area contributed by atoms with Crippen molar-refractivity contribution in [2.45, 2.75) is 19.0 Å². The molecule has 1 saturated heterocycles. The number of hydrogen-bond acceptors (Lipinski definition) is 2. The van der Waals surface area contributed by atoms with Crippen LogP contribution in [0.2, 0.25) is 15.1 Å². The van der Waals surface area contributed by atoms with Crippen LogP contribution in [0.3, 0.4) is 0 Å². The number of ether oxygens (including phenoxy) is 1. The van der Waals surface area contributed by atoms with E-state index in [1.165, 1.54) is 0 Å². The van der Waals surface area contributed by atoms with Crippen LogP contribution < -0.4 is 5.32 Å². The summed E-state index contributed by atoms with van der Waals surface area (Å²) in [4.78, 5) is 0. The summed E-state index contributed by atoms with van der Waals surface area (Å²) in [6.45, 7) is 3.55. The zero-order valence-electron chi connectivity index (χ0n) is 8.77. The minimum Gasteiger partial charge on any atom is -0.378 e. The minimum atomic E-state index is 0.135. The quantitative estimate of drug-likeness (QED) is 0.853. The molecule has 1 N–H and O–H groups in total. The SMILES string of the molecule is CC(NC1COC1)c1ccc(Cl)c(Cl)c1Cl. The van der Waals surface area contributed by atoms with Crippen molar-refractivity contribution in [3.63, 3.8) is 0 Å². The second-order valence-electron chi connectivity index (χ2n) is 3.89. The number of hydrogen-bond donors (Lipinski definition) is 1. The third-order valence-corrected chi connectivity index (χ3v) is 3.96. The lowest BCUT2D eigenvalue weighted by Gasteiger charge is -2.30. The van der Waals surface area contributed by atoms with Crippen LogP contribution in [0.25, 0.3) is 0 Å². The van der Waals surface area contributed by atoms with E-state index < -0.39 is 0 Å². The molecule has 1 fully saturated rings. The van der Waals surface area contributed by atoms with E-state index in [9.17, 15) is 0 Å². The molecule has 0 spiro atoms. The summed E-state index contributed by atoms with van der Waals surface area (Å²) in [5.41, 5.74) is 0.961. The molecule has 1 unspecified atom stereocenters. The molecule has 0 radical (unpaired) electrons. The van der Waals surface area contributed by atoms with Crippen molar-refractivity contribution in [2.24, 2.45) is 0 Å². The first-order chi connectivity index (χ1) is 7.59. The Morgan fingerprint density at radius 2 is 1.94 bits per heavy atom. The molecule has 0 aliphatic carbocycles. The minimum absolute atomic E-state index is 0.135. The highest BCUT2D eigenvalue weighted by Gasteiger charge is 2.22. The molecule has 0 saturated carbocycles. The van der Waals surface area contributed by atoms with Crippen LogP contribution in [0.15, 0.2) is 12.1 Å². The van der Waals surface area contributed by atoms with E-state index in [0.717, 1.165) is 18.8 Å². The lowest BCUT2D eigenvalue weighted by Crippen LogP contribution is -2.46. The Bertz CT molecular complexity index is 393. The van der Waals surface area contributed by atoms with Gasteiger partial charge in [-0.25, -0.2) is 0 Å². The van der Waals surface area contributed by atoms with Crippen LogP contribution in [-0.4, -0.2) is 19.3 Å². The molecule has 0 bridgehead atoms. The highest BCUT2D eigenvalue weighted by atomic mass is 35.5.